The number of hydrogen-bond donors (Lipinski definition) is 1. The molecule has 126 valence electrons. The summed E-state index contributed by atoms with van der Waals surface area (Å²) >= 11 is 1.26. The van der Waals surface area contributed by atoms with Crippen LogP contribution in [-0.4, -0.2) is 42.1 Å². The average molecular weight is 348 g/mol. The van der Waals surface area contributed by atoms with E-state index in [2.05, 4.69) is 5.32 Å². The number of carbonyl (C=O) groups is 1. The number of thiazole rings is 1. The zero-order chi connectivity index (χ0) is 15.4. The van der Waals surface area contributed by atoms with Crippen LogP contribution in [0.4, 0.5) is 0 Å². The number of nitrogens with one attached hydrogen (secondary N) is 1. The van der Waals surface area contributed by atoms with Crippen molar-refractivity contribution in [1.82, 2.24) is 14.8 Å². The Hall–Kier alpha value is -0.850. The molecule has 0 radical (unpaired) electrons. The summed E-state index contributed by atoms with van der Waals surface area (Å²) in [6, 6.07) is 0. The summed E-state index contributed by atoms with van der Waals surface area (Å²) in [6.07, 6.45) is 2.69. The summed E-state index contributed by atoms with van der Waals surface area (Å²) in [5, 5.41) is 3.19. The molecule has 1 N–H and O–H groups in total. The minimum atomic E-state index is 0. The summed E-state index contributed by atoms with van der Waals surface area (Å²) < 4.78 is 1.73. The molecule has 1 atom stereocenters. The molecule has 1 fully saturated rings. The van der Waals surface area contributed by atoms with Gasteiger partial charge >= 0.3 is 4.87 Å². The first-order chi connectivity index (χ1) is 10.0. The van der Waals surface area contributed by atoms with Crippen molar-refractivity contribution < 1.29 is 4.79 Å². The zero-order valence-electron chi connectivity index (χ0n) is 13.6. The second-order valence-corrected chi connectivity index (χ2v) is 6.98. The molecule has 2 rings (SSSR count). The van der Waals surface area contributed by atoms with Crippen molar-refractivity contribution in [1.29, 1.82) is 0 Å². The van der Waals surface area contributed by atoms with E-state index in [-0.39, 0.29) is 23.2 Å². The van der Waals surface area contributed by atoms with Crippen LogP contribution in [-0.2, 0) is 11.3 Å². The molecule has 2 heterocycles. The van der Waals surface area contributed by atoms with E-state index in [9.17, 15) is 9.59 Å². The molecule has 7 heteroatoms. The molecule has 1 saturated heterocycles. The monoisotopic (exact) mass is 347 g/mol. The number of amides is 1. The molecule has 1 aromatic heterocycles. The van der Waals surface area contributed by atoms with Gasteiger partial charge in [0.15, 0.2) is 0 Å². The first-order valence-corrected chi connectivity index (χ1v) is 8.43. The van der Waals surface area contributed by atoms with E-state index < -0.39 is 0 Å². The number of carbonyl (C=O) groups excluding carboxylic acids is 1. The molecule has 0 aromatic carbocycles. The Morgan fingerprint density at radius 1 is 1.41 bits per heavy atom. The Balaban J connectivity index is 0.00000242. The largest absolute Gasteiger partial charge is 0.342 e. The normalized spacial score (nSPS) is 18.1. The van der Waals surface area contributed by atoms with Gasteiger partial charge in [-0.3, -0.25) is 9.59 Å². The van der Waals surface area contributed by atoms with Crippen molar-refractivity contribution in [3.63, 3.8) is 0 Å². The fourth-order valence-electron chi connectivity index (χ4n) is 2.96. The van der Waals surface area contributed by atoms with Crippen molar-refractivity contribution >= 4 is 29.7 Å². The van der Waals surface area contributed by atoms with Crippen LogP contribution in [0.25, 0.3) is 0 Å². The van der Waals surface area contributed by atoms with Crippen molar-refractivity contribution in [3.8, 4) is 0 Å². The lowest BCUT2D eigenvalue weighted by molar-refractivity contribution is -0.133. The topological polar surface area (TPSA) is 54.3 Å². The van der Waals surface area contributed by atoms with Crippen molar-refractivity contribution in [2.24, 2.45) is 5.92 Å². The van der Waals surface area contributed by atoms with E-state index in [1.54, 1.807) is 4.57 Å². The van der Waals surface area contributed by atoms with Crippen LogP contribution in [0, 0.1) is 19.8 Å². The number of aryl methyl sites for hydroxylation is 1. The summed E-state index contributed by atoms with van der Waals surface area (Å²) in [5.74, 6) is 0.728. The van der Waals surface area contributed by atoms with E-state index in [1.165, 1.54) is 17.8 Å². The third kappa shape index (κ3) is 4.57. The fourth-order valence-corrected chi connectivity index (χ4v) is 3.82. The Labute approximate surface area is 142 Å². The highest BCUT2D eigenvalue weighted by Gasteiger charge is 2.23. The van der Waals surface area contributed by atoms with E-state index in [0.717, 1.165) is 36.6 Å². The van der Waals surface area contributed by atoms with Gasteiger partial charge in [0.1, 0.15) is 0 Å². The second kappa shape index (κ2) is 8.70. The number of likely N-dealkylation sites (tertiary alicyclic amines) is 1. The summed E-state index contributed by atoms with van der Waals surface area (Å²) in [4.78, 5) is 27.2. The molecule has 1 aromatic rings. The number of hydrogen-bond acceptors (Lipinski definition) is 4. The Kier molecular flexibility index (Phi) is 7.59. The van der Waals surface area contributed by atoms with Crippen LogP contribution in [0.5, 0.6) is 0 Å². The minimum absolute atomic E-state index is 0. The maximum Gasteiger partial charge on any atom is 0.307 e. The van der Waals surface area contributed by atoms with Gasteiger partial charge < -0.3 is 14.8 Å². The van der Waals surface area contributed by atoms with Crippen LogP contribution >= 0.6 is 23.7 Å². The number of rotatable bonds is 5. The maximum atomic E-state index is 12.3. The summed E-state index contributed by atoms with van der Waals surface area (Å²) in [7, 11) is 1.95. The number of piperidine rings is 1. The molecule has 1 aliphatic rings. The van der Waals surface area contributed by atoms with E-state index in [1.807, 2.05) is 25.8 Å². The highest BCUT2D eigenvalue weighted by molar-refractivity contribution is 7.09. The van der Waals surface area contributed by atoms with Crippen molar-refractivity contribution in [2.75, 3.05) is 26.7 Å². The van der Waals surface area contributed by atoms with Gasteiger partial charge in [0.25, 0.3) is 0 Å². The molecule has 1 amide bonds. The molecular formula is C15H26ClN3O2S. The smallest absolute Gasteiger partial charge is 0.307 e. The van der Waals surface area contributed by atoms with Crippen LogP contribution in [0.2, 0.25) is 0 Å². The van der Waals surface area contributed by atoms with Gasteiger partial charge in [-0.1, -0.05) is 11.3 Å². The van der Waals surface area contributed by atoms with Crippen molar-refractivity contribution in [3.05, 3.63) is 20.2 Å². The molecule has 1 unspecified atom stereocenters. The molecule has 0 bridgehead atoms. The molecule has 0 aliphatic carbocycles. The Bertz CT molecular complexity index is 553. The van der Waals surface area contributed by atoms with Gasteiger partial charge in [-0.15, -0.1) is 12.4 Å². The highest BCUT2D eigenvalue weighted by Crippen LogP contribution is 2.17. The third-order valence-electron chi connectivity index (χ3n) is 4.29. The zero-order valence-corrected chi connectivity index (χ0v) is 15.2. The lowest BCUT2D eigenvalue weighted by Gasteiger charge is -2.32. The van der Waals surface area contributed by atoms with Crippen LogP contribution in [0.15, 0.2) is 4.79 Å². The van der Waals surface area contributed by atoms with Crippen LogP contribution < -0.4 is 10.2 Å². The third-order valence-corrected chi connectivity index (χ3v) is 5.29. The van der Waals surface area contributed by atoms with E-state index in [0.29, 0.717) is 18.9 Å². The summed E-state index contributed by atoms with van der Waals surface area (Å²) in [5.41, 5.74) is 0.990. The standard InChI is InChI=1S/C15H25N3O2S.ClH/c1-11-12(2)21-15(20)18(11)8-6-14(19)17-7-4-5-13(10-17)9-16-3;/h13,16H,4-10H2,1-3H3;1H. The van der Waals surface area contributed by atoms with Gasteiger partial charge in [0.2, 0.25) is 5.91 Å². The Morgan fingerprint density at radius 3 is 2.73 bits per heavy atom. The predicted molar refractivity (Wildman–Crippen MR) is 93.1 cm³/mol. The van der Waals surface area contributed by atoms with Gasteiger partial charge in [0.05, 0.1) is 0 Å². The second-order valence-electron chi connectivity index (χ2n) is 5.82. The maximum absolute atomic E-state index is 12.3. The van der Waals surface area contributed by atoms with Crippen molar-refractivity contribution in [2.45, 2.75) is 39.7 Å². The van der Waals surface area contributed by atoms with Gasteiger partial charge in [-0.25, -0.2) is 0 Å². The molecule has 5 nitrogen and oxygen atoms in total. The van der Waals surface area contributed by atoms with Crippen LogP contribution in [0.1, 0.15) is 29.8 Å². The number of aromatic nitrogens is 1. The molecule has 0 saturated carbocycles. The average Bonchev–Trinajstić information content (AvgIpc) is 2.70. The fraction of sp³-hybridized carbons (Fsp3) is 0.733. The van der Waals surface area contributed by atoms with Gasteiger partial charge in [-0.05, 0) is 46.2 Å². The SMILES string of the molecule is CNCC1CCCN(C(=O)CCn2c(C)c(C)sc2=O)C1.Cl. The molecule has 1 aliphatic heterocycles. The quantitative estimate of drug-likeness (QED) is 0.883. The molecule has 0 spiro atoms. The number of halogens is 1. The first-order valence-electron chi connectivity index (χ1n) is 7.62. The Morgan fingerprint density at radius 2 is 2.14 bits per heavy atom. The summed E-state index contributed by atoms with van der Waals surface area (Å²) in [6.45, 7) is 7.06. The van der Waals surface area contributed by atoms with Gasteiger partial charge in [0, 0.05) is 36.6 Å². The molecule has 22 heavy (non-hydrogen) atoms. The van der Waals surface area contributed by atoms with E-state index in [4.69, 9.17) is 0 Å². The molecular weight excluding hydrogens is 322 g/mol. The first kappa shape index (κ1) is 19.2. The number of nitrogens with zero attached hydrogens (tertiary/aromatic N) is 2. The minimum Gasteiger partial charge on any atom is -0.342 e. The van der Waals surface area contributed by atoms with E-state index >= 15 is 0 Å². The lowest BCUT2D eigenvalue weighted by atomic mass is 9.98. The predicted octanol–water partition coefficient (Wildman–Crippen LogP) is 1.80. The van der Waals surface area contributed by atoms with Crippen LogP contribution in [0.3, 0.4) is 0 Å². The van der Waals surface area contributed by atoms with Gasteiger partial charge in [-0.2, -0.15) is 0 Å². The highest BCUT2D eigenvalue weighted by atomic mass is 35.5. The lowest BCUT2D eigenvalue weighted by Crippen LogP contribution is -2.42.